The molecule has 100 valence electrons. The molecule has 0 atom stereocenters. The molecule has 3 nitrogen and oxygen atoms in total. The van der Waals surface area contributed by atoms with Crippen LogP contribution in [-0.4, -0.2) is 22.7 Å². The highest BCUT2D eigenvalue weighted by Crippen LogP contribution is 2.26. The van der Waals surface area contributed by atoms with E-state index in [4.69, 9.17) is 0 Å². The zero-order valence-corrected chi connectivity index (χ0v) is 11.5. The second-order valence-electron chi connectivity index (χ2n) is 5.21. The summed E-state index contributed by atoms with van der Waals surface area (Å²) < 4.78 is 0. The number of hydrogen-bond donors (Lipinski definition) is 1. The van der Waals surface area contributed by atoms with Crippen LogP contribution in [-0.2, 0) is 6.61 Å². The van der Waals surface area contributed by atoms with Crippen LogP contribution in [0.1, 0.15) is 50.3 Å². The maximum Gasteiger partial charge on any atom is 0.129 e. The SMILES string of the molecule is CCN(c1cc(CO)cc(C)n1)C1CCCCC1. The van der Waals surface area contributed by atoms with Gasteiger partial charge in [-0.15, -0.1) is 0 Å². The highest BCUT2D eigenvalue weighted by Gasteiger charge is 2.21. The summed E-state index contributed by atoms with van der Waals surface area (Å²) in [5.74, 6) is 1.04. The van der Waals surface area contributed by atoms with E-state index < -0.39 is 0 Å². The average molecular weight is 248 g/mol. The van der Waals surface area contributed by atoms with Crippen LogP contribution < -0.4 is 4.90 Å². The van der Waals surface area contributed by atoms with Crippen molar-refractivity contribution in [3.8, 4) is 0 Å². The fraction of sp³-hybridized carbons (Fsp3) is 0.667. The lowest BCUT2D eigenvalue weighted by molar-refractivity contribution is 0.281. The Hall–Kier alpha value is -1.09. The second-order valence-corrected chi connectivity index (χ2v) is 5.21. The molecule has 1 saturated carbocycles. The molecule has 0 unspecified atom stereocenters. The minimum atomic E-state index is 0.0958. The molecule has 0 spiro atoms. The van der Waals surface area contributed by atoms with E-state index in [9.17, 15) is 5.11 Å². The van der Waals surface area contributed by atoms with Crippen molar-refractivity contribution in [1.29, 1.82) is 0 Å². The van der Waals surface area contributed by atoms with Crippen molar-refractivity contribution in [3.63, 3.8) is 0 Å². The third-order valence-electron chi connectivity index (χ3n) is 3.83. The maximum absolute atomic E-state index is 9.31. The standard InChI is InChI=1S/C15H24N2O/c1-3-17(14-7-5-4-6-8-14)15-10-13(11-18)9-12(2)16-15/h9-10,14,18H,3-8,11H2,1-2H3. The van der Waals surface area contributed by atoms with Gasteiger partial charge in [0.25, 0.3) is 0 Å². The molecule has 0 aromatic carbocycles. The molecule has 1 N–H and O–H groups in total. The third-order valence-corrected chi connectivity index (χ3v) is 3.83. The molecule has 0 radical (unpaired) electrons. The zero-order chi connectivity index (χ0) is 13.0. The number of pyridine rings is 1. The first-order chi connectivity index (χ1) is 8.74. The molecule has 1 fully saturated rings. The van der Waals surface area contributed by atoms with Gasteiger partial charge < -0.3 is 10.0 Å². The van der Waals surface area contributed by atoms with E-state index in [0.717, 1.165) is 23.6 Å². The largest absolute Gasteiger partial charge is 0.392 e. The van der Waals surface area contributed by atoms with Gasteiger partial charge in [0, 0.05) is 18.3 Å². The van der Waals surface area contributed by atoms with E-state index in [1.165, 1.54) is 32.1 Å². The molecule has 1 heterocycles. The van der Waals surface area contributed by atoms with Gasteiger partial charge in [0.1, 0.15) is 5.82 Å². The van der Waals surface area contributed by atoms with Gasteiger partial charge in [-0.05, 0) is 44.4 Å². The monoisotopic (exact) mass is 248 g/mol. The Morgan fingerprint density at radius 1 is 1.28 bits per heavy atom. The molecular formula is C15H24N2O. The quantitative estimate of drug-likeness (QED) is 0.889. The Balaban J connectivity index is 2.22. The van der Waals surface area contributed by atoms with Crippen LogP contribution in [0, 0.1) is 6.92 Å². The van der Waals surface area contributed by atoms with Gasteiger partial charge in [0.15, 0.2) is 0 Å². The van der Waals surface area contributed by atoms with E-state index in [1.807, 2.05) is 19.1 Å². The van der Waals surface area contributed by atoms with Crippen LogP contribution in [0.4, 0.5) is 5.82 Å². The first-order valence-corrected chi connectivity index (χ1v) is 7.09. The van der Waals surface area contributed by atoms with Crippen molar-refractivity contribution in [2.45, 2.75) is 58.6 Å². The fourth-order valence-electron chi connectivity index (χ4n) is 2.96. The first kappa shape index (κ1) is 13.3. The average Bonchev–Trinajstić information content (AvgIpc) is 2.40. The van der Waals surface area contributed by atoms with E-state index in [2.05, 4.69) is 16.8 Å². The summed E-state index contributed by atoms with van der Waals surface area (Å²) >= 11 is 0. The van der Waals surface area contributed by atoms with Crippen LogP contribution in [0.25, 0.3) is 0 Å². The molecule has 3 heteroatoms. The van der Waals surface area contributed by atoms with Crippen molar-refractivity contribution in [1.82, 2.24) is 4.98 Å². The first-order valence-electron chi connectivity index (χ1n) is 7.09. The Labute approximate surface area is 110 Å². The van der Waals surface area contributed by atoms with Crippen molar-refractivity contribution in [2.75, 3.05) is 11.4 Å². The minimum absolute atomic E-state index is 0.0958. The van der Waals surface area contributed by atoms with Crippen LogP contribution >= 0.6 is 0 Å². The number of rotatable bonds is 4. The molecule has 1 aliphatic rings. The summed E-state index contributed by atoms with van der Waals surface area (Å²) in [6, 6.07) is 4.62. The summed E-state index contributed by atoms with van der Waals surface area (Å²) in [6.07, 6.45) is 6.59. The van der Waals surface area contributed by atoms with Gasteiger partial charge in [-0.25, -0.2) is 4.98 Å². The molecule has 0 aliphatic heterocycles. The van der Waals surface area contributed by atoms with Crippen molar-refractivity contribution < 1.29 is 5.11 Å². The number of nitrogens with zero attached hydrogens (tertiary/aromatic N) is 2. The Morgan fingerprint density at radius 3 is 2.61 bits per heavy atom. The summed E-state index contributed by atoms with van der Waals surface area (Å²) in [6.45, 7) is 5.28. The van der Waals surface area contributed by atoms with Gasteiger partial charge >= 0.3 is 0 Å². The van der Waals surface area contributed by atoms with Gasteiger partial charge in [-0.2, -0.15) is 0 Å². The van der Waals surface area contributed by atoms with Crippen LogP contribution in [0.15, 0.2) is 12.1 Å². The predicted octanol–water partition coefficient (Wildman–Crippen LogP) is 3.04. The van der Waals surface area contributed by atoms with Gasteiger partial charge in [0.2, 0.25) is 0 Å². The van der Waals surface area contributed by atoms with Crippen LogP contribution in [0.5, 0.6) is 0 Å². The van der Waals surface area contributed by atoms with E-state index >= 15 is 0 Å². The number of aromatic nitrogens is 1. The molecule has 1 aliphatic carbocycles. The number of aliphatic hydroxyl groups is 1. The molecule has 1 aromatic rings. The normalized spacial score (nSPS) is 16.8. The molecule has 18 heavy (non-hydrogen) atoms. The predicted molar refractivity (Wildman–Crippen MR) is 74.8 cm³/mol. The molecule has 0 amide bonds. The molecule has 0 bridgehead atoms. The molecule has 2 rings (SSSR count). The Morgan fingerprint density at radius 2 is 2.00 bits per heavy atom. The zero-order valence-electron chi connectivity index (χ0n) is 11.5. The van der Waals surface area contributed by atoms with Crippen molar-refractivity contribution in [2.24, 2.45) is 0 Å². The number of hydrogen-bond acceptors (Lipinski definition) is 3. The summed E-state index contributed by atoms with van der Waals surface area (Å²) in [5, 5.41) is 9.31. The fourth-order valence-corrected chi connectivity index (χ4v) is 2.96. The number of aliphatic hydroxyl groups excluding tert-OH is 1. The molecule has 1 aromatic heterocycles. The van der Waals surface area contributed by atoms with E-state index in [-0.39, 0.29) is 6.61 Å². The van der Waals surface area contributed by atoms with E-state index in [1.54, 1.807) is 0 Å². The van der Waals surface area contributed by atoms with Gasteiger partial charge in [0.05, 0.1) is 6.61 Å². The summed E-state index contributed by atoms with van der Waals surface area (Å²) in [7, 11) is 0. The maximum atomic E-state index is 9.31. The Bertz CT molecular complexity index is 386. The lowest BCUT2D eigenvalue weighted by Gasteiger charge is -2.34. The summed E-state index contributed by atoms with van der Waals surface area (Å²) in [4.78, 5) is 7.05. The summed E-state index contributed by atoms with van der Waals surface area (Å²) in [5.41, 5.74) is 1.96. The highest BCUT2D eigenvalue weighted by molar-refractivity contribution is 5.43. The topological polar surface area (TPSA) is 36.4 Å². The molecule has 0 saturated heterocycles. The Kier molecular flexibility index (Phi) is 4.59. The molecular weight excluding hydrogens is 224 g/mol. The highest BCUT2D eigenvalue weighted by atomic mass is 16.3. The van der Waals surface area contributed by atoms with Crippen molar-refractivity contribution >= 4 is 5.82 Å². The second kappa shape index (κ2) is 6.19. The van der Waals surface area contributed by atoms with Crippen LogP contribution in [0.3, 0.4) is 0 Å². The lowest BCUT2D eigenvalue weighted by Crippen LogP contribution is -2.37. The third kappa shape index (κ3) is 3.02. The van der Waals surface area contributed by atoms with Crippen LogP contribution in [0.2, 0.25) is 0 Å². The number of anilines is 1. The minimum Gasteiger partial charge on any atom is -0.392 e. The van der Waals surface area contributed by atoms with Crippen molar-refractivity contribution in [3.05, 3.63) is 23.4 Å². The smallest absolute Gasteiger partial charge is 0.129 e. The number of aryl methyl sites for hydroxylation is 1. The van der Waals surface area contributed by atoms with Gasteiger partial charge in [-0.1, -0.05) is 19.3 Å². The van der Waals surface area contributed by atoms with Gasteiger partial charge in [-0.3, -0.25) is 0 Å². The lowest BCUT2D eigenvalue weighted by atomic mass is 9.94. The van der Waals surface area contributed by atoms with E-state index in [0.29, 0.717) is 6.04 Å².